The first kappa shape index (κ1) is 18.9. The minimum atomic E-state index is -0.329. The summed E-state index contributed by atoms with van der Waals surface area (Å²) in [5.41, 5.74) is 6.98. The maximum atomic E-state index is 13.1. The fourth-order valence-electron chi connectivity index (χ4n) is 3.43. The highest BCUT2D eigenvalue weighted by Gasteiger charge is 2.28. The lowest BCUT2D eigenvalue weighted by molar-refractivity contribution is 0.0993. The number of benzene rings is 1. The molecule has 0 unspecified atom stereocenters. The molecule has 0 aliphatic heterocycles. The van der Waals surface area contributed by atoms with E-state index in [1.165, 1.54) is 12.1 Å². The molecule has 2 heterocycles. The Kier molecular flexibility index (Phi) is 5.12. The van der Waals surface area contributed by atoms with E-state index >= 15 is 0 Å². The van der Waals surface area contributed by atoms with Crippen LogP contribution in [0.2, 0.25) is 0 Å². The van der Waals surface area contributed by atoms with Gasteiger partial charge in [0.25, 0.3) is 5.91 Å². The topological polar surface area (TPSA) is 79.5 Å². The van der Waals surface area contributed by atoms with E-state index in [4.69, 9.17) is 4.42 Å². The van der Waals surface area contributed by atoms with Gasteiger partial charge in [-0.2, -0.15) is 5.10 Å². The number of aromatic nitrogens is 1. The lowest BCUT2D eigenvalue weighted by Gasteiger charge is -2.13. The third kappa shape index (κ3) is 3.89. The van der Waals surface area contributed by atoms with Gasteiger partial charge >= 0.3 is 0 Å². The molecule has 0 saturated carbocycles. The number of halogens is 1. The minimum absolute atomic E-state index is 0.274. The molecule has 1 aliphatic rings. The summed E-state index contributed by atoms with van der Waals surface area (Å²) in [6.07, 6.45) is 4.03. The minimum Gasteiger partial charge on any atom is -0.455 e. The van der Waals surface area contributed by atoms with Crippen molar-refractivity contribution in [2.24, 2.45) is 5.10 Å². The Labute approximate surface area is 167 Å². The molecule has 6 nitrogen and oxygen atoms in total. The summed E-state index contributed by atoms with van der Waals surface area (Å²) in [6, 6.07) is 9.70. The molecular formula is C22H21FN4O2. The monoisotopic (exact) mass is 392 g/mol. The molecule has 0 saturated heterocycles. The van der Waals surface area contributed by atoms with Gasteiger partial charge in [0.1, 0.15) is 17.4 Å². The van der Waals surface area contributed by atoms with E-state index < -0.39 is 0 Å². The molecule has 148 valence electrons. The maximum Gasteiger partial charge on any atom is 0.292 e. The van der Waals surface area contributed by atoms with Crippen molar-refractivity contribution in [2.75, 3.05) is 10.7 Å². The second-order valence-corrected chi connectivity index (χ2v) is 7.01. The maximum absolute atomic E-state index is 13.1. The summed E-state index contributed by atoms with van der Waals surface area (Å²) in [6.45, 7) is 3.75. The molecule has 7 heteroatoms. The number of pyridine rings is 1. The van der Waals surface area contributed by atoms with Crippen molar-refractivity contribution in [2.45, 2.75) is 33.1 Å². The number of nitrogens with zero attached hydrogens (tertiary/aromatic N) is 2. The Bertz CT molecular complexity index is 1090. The smallest absolute Gasteiger partial charge is 0.292 e. The zero-order valence-electron chi connectivity index (χ0n) is 16.3. The number of amides is 1. The van der Waals surface area contributed by atoms with Gasteiger partial charge in [-0.05, 0) is 62.6 Å². The normalized spacial score (nSPS) is 14.5. The van der Waals surface area contributed by atoms with Gasteiger partial charge in [0.15, 0.2) is 5.76 Å². The molecule has 2 N–H and O–H groups in total. The predicted octanol–water partition coefficient (Wildman–Crippen LogP) is 4.84. The molecule has 0 radical (unpaired) electrons. The van der Waals surface area contributed by atoms with Crippen molar-refractivity contribution < 1.29 is 13.6 Å². The molecule has 1 amide bonds. The number of anilines is 2. The lowest BCUT2D eigenvalue weighted by atomic mass is 9.93. The fourth-order valence-corrected chi connectivity index (χ4v) is 3.43. The number of nitrogens with one attached hydrogen (secondary N) is 2. The summed E-state index contributed by atoms with van der Waals surface area (Å²) >= 11 is 0. The average Bonchev–Trinajstić information content (AvgIpc) is 3.07. The van der Waals surface area contributed by atoms with Crippen molar-refractivity contribution in [1.82, 2.24) is 4.98 Å². The number of hydrogen-bond acceptors (Lipinski definition) is 5. The number of fused-ring (bicyclic) bond motifs is 1. The first-order valence-electron chi connectivity index (χ1n) is 9.46. The van der Waals surface area contributed by atoms with Crippen molar-refractivity contribution in [3.05, 3.63) is 76.6 Å². The zero-order chi connectivity index (χ0) is 20.4. The van der Waals surface area contributed by atoms with Crippen LogP contribution in [0.4, 0.5) is 15.9 Å². The van der Waals surface area contributed by atoms with Crippen LogP contribution in [0.25, 0.3) is 0 Å². The summed E-state index contributed by atoms with van der Waals surface area (Å²) in [5, 5.41) is 7.32. The van der Waals surface area contributed by atoms with Crippen molar-refractivity contribution in [3.8, 4) is 0 Å². The highest BCUT2D eigenvalue weighted by Crippen LogP contribution is 2.30. The standard InChI is InChI=1S/C22H21FN4O2/c1-13-5-4-12-24-21(13)25-22(28)20-14(2)19-17(6-3-7-18(19)29-20)27-26-16-10-8-15(23)9-11-16/h4-5,8-12,26H,3,6-7H2,1-2H3,(H,24,25,28)/b27-17+. The van der Waals surface area contributed by atoms with Gasteiger partial charge in [-0.15, -0.1) is 0 Å². The molecule has 29 heavy (non-hydrogen) atoms. The first-order chi connectivity index (χ1) is 14.0. The number of aryl methyl sites for hydroxylation is 2. The van der Waals surface area contributed by atoms with E-state index in [1.807, 2.05) is 26.0 Å². The predicted molar refractivity (Wildman–Crippen MR) is 110 cm³/mol. The highest BCUT2D eigenvalue weighted by molar-refractivity contribution is 6.09. The molecule has 0 fully saturated rings. The number of rotatable bonds is 4. The Morgan fingerprint density at radius 2 is 1.97 bits per heavy atom. The summed E-state index contributed by atoms with van der Waals surface area (Å²) < 4.78 is 19.0. The van der Waals surface area contributed by atoms with Gasteiger partial charge in [0, 0.05) is 23.7 Å². The van der Waals surface area contributed by atoms with Gasteiger partial charge in [-0.3, -0.25) is 10.2 Å². The van der Waals surface area contributed by atoms with Crippen molar-refractivity contribution in [1.29, 1.82) is 0 Å². The summed E-state index contributed by atoms with van der Waals surface area (Å²) in [5.74, 6) is 0.919. The van der Waals surface area contributed by atoms with E-state index in [0.29, 0.717) is 11.5 Å². The Hall–Kier alpha value is -3.48. The number of carbonyl (C=O) groups is 1. The van der Waals surface area contributed by atoms with E-state index in [0.717, 1.165) is 47.4 Å². The molecule has 0 atom stereocenters. The highest BCUT2D eigenvalue weighted by atomic mass is 19.1. The summed E-state index contributed by atoms with van der Waals surface area (Å²) in [4.78, 5) is 17.0. The average molecular weight is 392 g/mol. The number of furan rings is 1. The van der Waals surface area contributed by atoms with Crippen LogP contribution < -0.4 is 10.7 Å². The van der Waals surface area contributed by atoms with Gasteiger partial charge in [-0.1, -0.05) is 6.07 Å². The van der Waals surface area contributed by atoms with E-state index in [9.17, 15) is 9.18 Å². The Morgan fingerprint density at radius 1 is 1.17 bits per heavy atom. The van der Waals surface area contributed by atoms with Gasteiger partial charge in [0.2, 0.25) is 0 Å². The van der Waals surface area contributed by atoms with Crippen LogP contribution in [0.1, 0.15) is 45.8 Å². The third-order valence-corrected chi connectivity index (χ3v) is 4.94. The Morgan fingerprint density at radius 3 is 2.72 bits per heavy atom. The van der Waals surface area contributed by atoms with Gasteiger partial charge in [0.05, 0.1) is 11.4 Å². The molecule has 1 aromatic carbocycles. The van der Waals surface area contributed by atoms with E-state index in [-0.39, 0.29) is 17.5 Å². The van der Waals surface area contributed by atoms with Crippen LogP contribution in [-0.2, 0) is 6.42 Å². The molecule has 0 bridgehead atoms. The van der Waals surface area contributed by atoms with Crippen LogP contribution in [0.15, 0.2) is 52.1 Å². The number of hydrazone groups is 1. The molecule has 2 aromatic heterocycles. The third-order valence-electron chi connectivity index (χ3n) is 4.94. The van der Waals surface area contributed by atoms with Gasteiger partial charge < -0.3 is 9.73 Å². The van der Waals surface area contributed by atoms with Crippen LogP contribution in [0, 0.1) is 19.7 Å². The second kappa shape index (κ2) is 7.87. The number of carbonyl (C=O) groups excluding carboxylic acids is 1. The lowest BCUT2D eigenvalue weighted by Crippen LogP contribution is -2.15. The SMILES string of the molecule is Cc1cccnc1NC(=O)c1oc2c(c1C)/C(=N/Nc1ccc(F)cc1)CCC2. The molecule has 3 aromatic rings. The molecule has 4 rings (SSSR count). The second-order valence-electron chi connectivity index (χ2n) is 7.01. The summed E-state index contributed by atoms with van der Waals surface area (Å²) in [7, 11) is 0. The largest absolute Gasteiger partial charge is 0.455 e. The van der Waals surface area contributed by atoms with Crippen molar-refractivity contribution >= 4 is 23.1 Å². The fraction of sp³-hybridized carbons (Fsp3) is 0.227. The number of hydrogen-bond donors (Lipinski definition) is 2. The van der Waals surface area contributed by atoms with Crippen molar-refractivity contribution in [3.63, 3.8) is 0 Å². The Balaban J connectivity index is 1.60. The van der Waals surface area contributed by atoms with Crippen LogP contribution in [0.3, 0.4) is 0 Å². The molecule has 0 spiro atoms. The van der Waals surface area contributed by atoms with Crippen LogP contribution >= 0.6 is 0 Å². The van der Waals surface area contributed by atoms with Gasteiger partial charge in [-0.25, -0.2) is 9.37 Å². The van der Waals surface area contributed by atoms with E-state index in [1.54, 1.807) is 18.3 Å². The van der Waals surface area contributed by atoms with Crippen LogP contribution in [-0.4, -0.2) is 16.6 Å². The molecule has 1 aliphatic carbocycles. The quantitative estimate of drug-likeness (QED) is 0.623. The first-order valence-corrected chi connectivity index (χ1v) is 9.46. The molecular weight excluding hydrogens is 371 g/mol. The zero-order valence-corrected chi connectivity index (χ0v) is 16.3. The van der Waals surface area contributed by atoms with E-state index in [2.05, 4.69) is 20.8 Å². The van der Waals surface area contributed by atoms with Crippen LogP contribution in [0.5, 0.6) is 0 Å².